The van der Waals surface area contributed by atoms with E-state index in [9.17, 15) is 9.18 Å². The number of nitrogens with one attached hydrogen (secondary N) is 2. The lowest BCUT2D eigenvalue weighted by Crippen LogP contribution is -2.16. The second-order valence-electron chi connectivity index (χ2n) is 2.79. The minimum atomic E-state index is -0.569. The number of rotatable bonds is 1. The van der Waals surface area contributed by atoms with Gasteiger partial charge >= 0.3 is 5.69 Å². The van der Waals surface area contributed by atoms with E-state index in [1.54, 1.807) is 0 Å². The highest BCUT2D eigenvalue weighted by Crippen LogP contribution is 2.17. The molecule has 0 aliphatic heterocycles. The van der Waals surface area contributed by atoms with Crippen LogP contribution in [-0.2, 0) is 0 Å². The Hall–Kier alpha value is -1.40. The molecular formula is C8H5ClFN3OS. The zero-order valence-corrected chi connectivity index (χ0v) is 8.82. The predicted octanol–water partition coefficient (Wildman–Crippen LogP) is 2.02. The maximum absolute atomic E-state index is 13.4. The molecule has 4 nitrogen and oxygen atoms in total. The van der Waals surface area contributed by atoms with Crippen LogP contribution < -0.4 is 5.69 Å². The maximum atomic E-state index is 13.4. The topological polar surface area (TPSA) is 53.6 Å². The lowest BCUT2D eigenvalue weighted by atomic mass is 10.3. The Bertz CT molecular complexity index is 587. The quantitative estimate of drug-likeness (QED) is 0.756. The molecule has 1 aromatic heterocycles. The fraction of sp³-hybridized carbons (Fsp3) is 0. The van der Waals surface area contributed by atoms with Gasteiger partial charge in [0.1, 0.15) is 5.82 Å². The average molecular weight is 246 g/mol. The largest absolute Gasteiger partial charge is 0.347 e. The van der Waals surface area contributed by atoms with Crippen molar-refractivity contribution in [3.63, 3.8) is 0 Å². The van der Waals surface area contributed by atoms with Crippen LogP contribution in [0.25, 0.3) is 5.69 Å². The van der Waals surface area contributed by atoms with Crippen LogP contribution in [0, 0.1) is 10.6 Å². The molecule has 2 aromatic rings. The van der Waals surface area contributed by atoms with Crippen LogP contribution in [0.5, 0.6) is 0 Å². The molecular weight excluding hydrogens is 241 g/mol. The lowest BCUT2D eigenvalue weighted by Gasteiger charge is -2.02. The molecule has 0 unspecified atom stereocenters. The molecule has 0 amide bonds. The molecule has 7 heteroatoms. The minimum Gasteiger partial charge on any atom is -0.272 e. The molecule has 0 bridgehead atoms. The Morgan fingerprint density at radius 1 is 1.40 bits per heavy atom. The summed E-state index contributed by atoms with van der Waals surface area (Å²) in [5.74, 6) is -0.569. The van der Waals surface area contributed by atoms with Gasteiger partial charge in [-0.05, 0) is 30.4 Å². The van der Waals surface area contributed by atoms with Crippen molar-refractivity contribution in [1.82, 2.24) is 14.8 Å². The summed E-state index contributed by atoms with van der Waals surface area (Å²) >= 11 is 10.5. The molecule has 2 N–H and O–H groups in total. The monoisotopic (exact) mass is 245 g/mol. The standard InChI is InChI=1S/C8H5ClFN3OS/c9-4-1-2-5(10)6(3-4)13-7(14)11-12-8(13)15/h1-3H,(H,11,14)(H,12,15). The van der Waals surface area contributed by atoms with Gasteiger partial charge in [0, 0.05) is 5.02 Å². The summed E-state index contributed by atoms with van der Waals surface area (Å²) < 4.78 is 14.5. The Kier molecular flexibility index (Phi) is 2.45. The molecule has 78 valence electrons. The van der Waals surface area contributed by atoms with E-state index >= 15 is 0 Å². The number of benzene rings is 1. The zero-order valence-electron chi connectivity index (χ0n) is 7.25. The number of hydrogen-bond acceptors (Lipinski definition) is 2. The summed E-state index contributed by atoms with van der Waals surface area (Å²) in [6, 6.07) is 3.90. The van der Waals surface area contributed by atoms with E-state index < -0.39 is 11.5 Å². The van der Waals surface area contributed by atoms with Crippen LogP contribution in [0.3, 0.4) is 0 Å². The molecule has 0 saturated carbocycles. The average Bonchev–Trinajstić information content (AvgIpc) is 2.51. The van der Waals surface area contributed by atoms with E-state index in [4.69, 9.17) is 23.8 Å². The van der Waals surface area contributed by atoms with Gasteiger partial charge in [0.2, 0.25) is 4.77 Å². The highest BCUT2D eigenvalue weighted by Gasteiger charge is 2.09. The highest BCUT2D eigenvalue weighted by atomic mass is 35.5. The first-order valence-corrected chi connectivity index (χ1v) is 4.73. The predicted molar refractivity (Wildman–Crippen MR) is 56.5 cm³/mol. The van der Waals surface area contributed by atoms with E-state index in [1.165, 1.54) is 18.2 Å². The first-order chi connectivity index (χ1) is 7.09. The molecule has 15 heavy (non-hydrogen) atoms. The second-order valence-corrected chi connectivity index (χ2v) is 3.61. The Morgan fingerprint density at radius 2 is 2.13 bits per heavy atom. The summed E-state index contributed by atoms with van der Waals surface area (Å²) in [6.07, 6.45) is 0. The summed E-state index contributed by atoms with van der Waals surface area (Å²) in [5.41, 5.74) is -0.517. The van der Waals surface area contributed by atoms with Crippen LogP contribution in [-0.4, -0.2) is 14.8 Å². The van der Waals surface area contributed by atoms with Gasteiger partial charge in [-0.15, -0.1) is 0 Å². The number of hydrogen-bond donors (Lipinski definition) is 2. The first kappa shape index (κ1) is 10.1. The van der Waals surface area contributed by atoms with Crippen molar-refractivity contribution in [2.45, 2.75) is 0 Å². The number of aromatic amines is 2. The van der Waals surface area contributed by atoms with Crippen molar-refractivity contribution in [1.29, 1.82) is 0 Å². The Labute approximate surface area is 93.3 Å². The summed E-state index contributed by atoms with van der Waals surface area (Å²) in [6.45, 7) is 0. The van der Waals surface area contributed by atoms with Crippen LogP contribution in [0.2, 0.25) is 5.02 Å². The van der Waals surface area contributed by atoms with Gasteiger partial charge in [0.15, 0.2) is 0 Å². The van der Waals surface area contributed by atoms with E-state index in [0.717, 1.165) is 4.57 Å². The van der Waals surface area contributed by atoms with E-state index in [2.05, 4.69) is 10.2 Å². The van der Waals surface area contributed by atoms with Gasteiger partial charge in [0.05, 0.1) is 5.69 Å². The van der Waals surface area contributed by atoms with Crippen molar-refractivity contribution < 1.29 is 4.39 Å². The zero-order chi connectivity index (χ0) is 11.0. The van der Waals surface area contributed by atoms with Crippen molar-refractivity contribution >= 4 is 23.8 Å². The first-order valence-electron chi connectivity index (χ1n) is 3.95. The number of halogens is 2. The summed E-state index contributed by atoms with van der Waals surface area (Å²) in [7, 11) is 0. The number of nitrogens with zero attached hydrogens (tertiary/aromatic N) is 1. The third-order valence-electron chi connectivity index (χ3n) is 1.83. The van der Waals surface area contributed by atoms with Crippen LogP contribution in [0.1, 0.15) is 0 Å². The van der Waals surface area contributed by atoms with Gasteiger partial charge in [-0.3, -0.25) is 5.10 Å². The van der Waals surface area contributed by atoms with Crippen molar-refractivity contribution in [2.24, 2.45) is 0 Å². The number of aromatic nitrogens is 3. The maximum Gasteiger partial charge on any atom is 0.347 e. The Balaban J connectivity index is 2.79. The van der Waals surface area contributed by atoms with E-state index in [1.807, 2.05) is 0 Å². The van der Waals surface area contributed by atoms with Gasteiger partial charge in [0.25, 0.3) is 0 Å². The molecule has 0 aliphatic carbocycles. The molecule has 0 saturated heterocycles. The summed E-state index contributed by atoms with van der Waals surface area (Å²) in [5, 5.41) is 4.99. The van der Waals surface area contributed by atoms with Crippen molar-refractivity contribution in [2.75, 3.05) is 0 Å². The van der Waals surface area contributed by atoms with E-state index in [-0.39, 0.29) is 10.5 Å². The lowest BCUT2D eigenvalue weighted by molar-refractivity contribution is 0.615. The van der Waals surface area contributed by atoms with Gasteiger partial charge in [-0.2, -0.15) is 0 Å². The normalized spacial score (nSPS) is 10.5. The fourth-order valence-electron chi connectivity index (χ4n) is 1.19. The van der Waals surface area contributed by atoms with E-state index in [0.29, 0.717) is 5.02 Å². The fourth-order valence-corrected chi connectivity index (χ4v) is 1.59. The van der Waals surface area contributed by atoms with Gasteiger partial charge in [-0.25, -0.2) is 18.9 Å². The summed E-state index contributed by atoms with van der Waals surface area (Å²) in [4.78, 5) is 11.3. The van der Waals surface area contributed by atoms with Crippen LogP contribution >= 0.6 is 23.8 Å². The Morgan fingerprint density at radius 3 is 2.73 bits per heavy atom. The van der Waals surface area contributed by atoms with Gasteiger partial charge in [-0.1, -0.05) is 11.6 Å². The molecule has 0 aliphatic rings. The van der Waals surface area contributed by atoms with Crippen LogP contribution in [0.4, 0.5) is 4.39 Å². The van der Waals surface area contributed by atoms with Crippen molar-refractivity contribution in [3.05, 3.63) is 44.3 Å². The molecule has 0 fully saturated rings. The molecule has 1 heterocycles. The molecule has 1 aromatic carbocycles. The molecule has 2 rings (SSSR count). The van der Waals surface area contributed by atoms with Crippen molar-refractivity contribution in [3.8, 4) is 5.69 Å². The molecule has 0 atom stereocenters. The SMILES string of the molecule is O=c1[nH][nH]c(=S)n1-c1cc(Cl)ccc1F. The molecule has 0 radical (unpaired) electrons. The third kappa shape index (κ3) is 1.73. The van der Waals surface area contributed by atoms with Crippen LogP contribution in [0.15, 0.2) is 23.0 Å². The second kappa shape index (κ2) is 3.63. The number of H-pyrrole nitrogens is 2. The van der Waals surface area contributed by atoms with Gasteiger partial charge < -0.3 is 0 Å². The third-order valence-corrected chi connectivity index (χ3v) is 2.35. The minimum absolute atomic E-state index is 0.0231. The smallest absolute Gasteiger partial charge is 0.272 e. The molecule has 0 spiro atoms. The highest BCUT2D eigenvalue weighted by molar-refractivity contribution is 7.71.